The standard InChI is InChI=1S/C24H16ClFN2O3S/c1-14-7-12-20(25)18(21(14)26)13-19-22(29)27-24(32)28(23(19)30)15-8-10-17(11-9-15)31-16-5-3-2-4-6-16/h2-13H,1H3,(H,27,29,32)/b19-13+. The van der Waals surface area contributed by atoms with E-state index >= 15 is 0 Å². The molecule has 5 nitrogen and oxygen atoms in total. The summed E-state index contributed by atoms with van der Waals surface area (Å²) in [5.41, 5.74) is 0.438. The van der Waals surface area contributed by atoms with Crippen LogP contribution in [0.15, 0.2) is 72.3 Å². The first kappa shape index (κ1) is 21.7. The fourth-order valence-electron chi connectivity index (χ4n) is 3.13. The highest BCUT2D eigenvalue weighted by Gasteiger charge is 2.35. The van der Waals surface area contributed by atoms with Gasteiger partial charge in [0.05, 0.1) is 10.7 Å². The summed E-state index contributed by atoms with van der Waals surface area (Å²) in [7, 11) is 0. The molecule has 2 amide bonds. The van der Waals surface area contributed by atoms with Crippen LogP contribution < -0.4 is 15.0 Å². The molecule has 0 aromatic heterocycles. The van der Waals surface area contributed by atoms with Crippen LogP contribution in [0.1, 0.15) is 11.1 Å². The fourth-order valence-corrected chi connectivity index (χ4v) is 3.62. The fraction of sp³-hybridized carbons (Fsp3) is 0.0417. The van der Waals surface area contributed by atoms with Crippen molar-refractivity contribution in [1.82, 2.24) is 5.32 Å². The zero-order valence-electron chi connectivity index (χ0n) is 16.8. The van der Waals surface area contributed by atoms with E-state index in [2.05, 4.69) is 5.32 Å². The van der Waals surface area contributed by atoms with Gasteiger partial charge in [-0.1, -0.05) is 35.9 Å². The molecule has 0 unspecified atom stereocenters. The molecule has 1 heterocycles. The Morgan fingerprint density at radius 1 is 1.00 bits per heavy atom. The van der Waals surface area contributed by atoms with E-state index in [-0.39, 0.29) is 21.3 Å². The normalized spacial score (nSPS) is 15.2. The lowest BCUT2D eigenvalue weighted by molar-refractivity contribution is -0.122. The first-order chi connectivity index (χ1) is 15.3. The second-order valence-corrected chi connectivity index (χ2v) is 7.75. The summed E-state index contributed by atoms with van der Waals surface area (Å²) >= 11 is 11.3. The molecule has 8 heteroatoms. The number of carbonyl (C=O) groups excluding carboxylic acids is 2. The van der Waals surface area contributed by atoms with E-state index in [9.17, 15) is 14.0 Å². The van der Waals surface area contributed by atoms with Crippen molar-refractivity contribution in [3.05, 3.63) is 94.3 Å². The SMILES string of the molecule is Cc1ccc(Cl)c(/C=C2\C(=O)NC(=S)N(c3ccc(Oc4ccccc4)cc3)C2=O)c1F. The number of halogens is 2. The van der Waals surface area contributed by atoms with Crippen molar-refractivity contribution >= 4 is 52.5 Å². The molecule has 1 fully saturated rings. The molecule has 0 spiro atoms. The van der Waals surface area contributed by atoms with Crippen LogP contribution in [0.25, 0.3) is 6.08 Å². The average molecular weight is 467 g/mol. The molecule has 1 N–H and O–H groups in total. The highest BCUT2D eigenvalue weighted by molar-refractivity contribution is 7.80. The number of thiocarbonyl (C=S) groups is 1. The summed E-state index contributed by atoms with van der Waals surface area (Å²) in [6, 6.07) is 18.9. The molecule has 1 saturated heterocycles. The third kappa shape index (κ3) is 4.26. The number of anilines is 1. The van der Waals surface area contributed by atoms with Crippen LogP contribution in [0.3, 0.4) is 0 Å². The number of para-hydroxylation sites is 1. The van der Waals surface area contributed by atoms with Crippen molar-refractivity contribution in [3.8, 4) is 11.5 Å². The molecule has 0 saturated carbocycles. The zero-order valence-corrected chi connectivity index (χ0v) is 18.3. The minimum Gasteiger partial charge on any atom is -0.457 e. The average Bonchev–Trinajstić information content (AvgIpc) is 2.77. The Kier molecular flexibility index (Phi) is 6.03. The molecule has 3 aromatic rings. The third-order valence-electron chi connectivity index (χ3n) is 4.78. The van der Waals surface area contributed by atoms with E-state index in [0.29, 0.717) is 22.7 Å². The maximum atomic E-state index is 14.6. The van der Waals surface area contributed by atoms with Crippen molar-refractivity contribution in [2.45, 2.75) is 6.92 Å². The van der Waals surface area contributed by atoms with Crippen LogP contribution >= 0.6 is 23.8 Å². The van der Waals surface area contributed by atoms with Crippen LogP contribution in [0, 0.1) is 12.7 Å². The number of aryl methyl sites for hydroxylation is 1. The largest absolute Gasteiger partial charge is 0.457 e. The van der Waals surface area contributed by atoms with E-state index < -0.39 is 17.6 Å². The van der Waals surface area contributed by atoms with Gasteiger partial charge in [0.15, 0.2) is 5.11 Å². The Morgan fingerprint density at radius 2 is 1.66 bits per heavy atom. The molecular formula is C24H16ClFN2O3S. The predicted octanol–water partition coefficient (Wildman–Crippen LogP) is 5.41. The first-order valence-electron chi connectivity index (χ1n) is 9.54. The Labute approximate surface area is 194 Å². The molecule has 0 radical (unpaired) electrons. The summed E-state index contributed by atoms with van der Waals surface area (Å²) in [5, 5.41) is 2.48. The van der Waals surface area contributed by atoms with Crippen molar-refractivity contribution in [2.24, 2.45) is 0 Å². The second-order valence-electron chi connectivity index (χ2n) is 6.96. The summed E-state index contributed by atoms with van der Waals surface area (Å²) in [6.07, 6.45) is 1.14. The molecular weight excluding hydrogens is 451 g/mol. The van der Waals surface area contributed by atoms with Gasteiger partial charge < -0.3 is 4.74 Å². The van der Waals surface area contributed by atoms with Gasteiger partial charge in [0, 0.05) is 5.56 Å². The maximum absolute atomic E-state index is 14.6. The van der Waals surface area contributed by atoms with E-state index in [4.69, 9.17) is 28.6 Å². The van der Waals surface area contributed by atoms with Gasteiger partial charge in [0.25, 0.3) is 11.8 Å². The molecule has 0 aliphatic carbocycles. The van der Waals surface area contributed by atoms with Gasteiger partial charge in [-0.3, -0.25) is 19.8 Å². The molecule has 0 bridgehead atoms. The van der Waals surface area contributed by atoms with Gasteiger partial charge in [-0.15, -0.1) is 0 Å². The number of nitrogens with one attached hydrogen (secondary N) is 1. The number of hydrogen-bond acceptors (Lipinski definition) is 4. The van der Waals surface area contributed by atoms with Gasteiger partial charge in [0.1, 0.15) is 22.9 Å². The van der Waals surface area contributed by atoms with E-state index in [1.54, 1.807) is 31.2 Å². The van der Waals surface area contributed by atoms with Gasteiger partial charge in [-0.2, -0.15) is 0 Å². The maximum Gasteiger partial charge on any atom is 0.270 e. The number of ether oxygens (including phenoxy) is 1. The Hall–Kier alpha value is -3.55. The summed E-state index contributed by atoms with van der Waals surface area (Å²) in [6.45, 7) is 1.57. The van der Waals surface area contributed by atoms with Crippen LogP contribution in [0.4, 0.5) is 10.1 Å². The summed E-state index contributed by atoms with van der Waals surface area (Å²) in [5.74, 6) is -0.791. The first-order valence-corrected chi connectivity index (χ1v) is 10.3. The predicted molar refractivity (Wildman–Crippen MR) is 125 cm³/mol. The van der Waals surface area contributed by atoms with E-state index in [1.807, 2.05) is 30.3 Å². The van der Waals surface area contributed by atoms with Crippen LogP contribution in [0.5, 0.6) is 11.5 Å². The number of benzene rings is 3. The molecule has 160 valence electrons. The minimum atomic E-state index is -0.725. The molecule has 4 rings (SSSR count). The van der Waals surface area contributed by atoms with Gasteiger partial charge >= 0.3 is 0 Å². The number of hydrogen-bond donors (Lipinski definition) is 1. The molecule has 0 atom stereocenters. The third-order valence-corrected chi connectivity index (χ3v) is 5.40. The van der Waals surface area contributed by atoms with Crippen LogP contribution in [-0.4, -0.2) is 16.9 Å². The quantitative estimate of drug-likeness (QED) is 0.317. The number of amides is 2. The van der Waals surface area contributed by atoms with E-state index in [0.717, 1.165) is 11.0 Å². The zero-order chi connectivity index (χ0) is 22.8. The van der Waals surface area contributed by atoms with Gasteiger partial charge in [-0.05, 0) is 73.2 Å². The molecule has 1 aliphatic heterocycles. The second kappa shape index (κ2) is 8.90. The number of nitrogens with zero attached hydrogens (tertiary/aromatic N) is 1. The van der Waals surface area contributed by atoms with Crippen molar-refractivity contribution in [2.75, 3.05) is 4.90 Å². The lowest BCUT2D eigenvalue weighted by Gasteiger charge is -2.29. The number of rotatable bonds is 4. The molecule has 1 aliphatic rings. The summed E-state index contributed by atoms with van der Waals surface area (Å²) in [4.78, 5) is 26.8. The van der Waals surface area contributed by atoms with Crippen LogP contribution in [0.2, 0.25) is 5.02 Å². The van der Waals surface area contributed by atoms with E-state index in [1.165, 1.54) is 12.1 Å². The van der Waals surface area contributed by atoms with Crippen molar-refractivity contribution in [1.29, 1.82) is 0 Å². The Morgan fingerprint density at radius 3 is 2.34 bits per heavy atom. The smallest absolute Gasteiger partial charge is 0.270 e. The lowest BCUT2D eigenvalue weighted by Crippen LogP contribution is -2.54. The van der Waals surface area contributed by atoms with Gasteiger partial charge in [0.2, 0.25) is 0 Å². The monoisotopic (exact) mass is 466 g/mol. The lowest BCUT2D eigenvalue weighted by atomic mass is 10.0. The molecule has 32 heavy (non-hydrogen) atoms. The van der Waals surface area contributed by atoms with Crippen molar-refractivity contribution in [3.63, 3.8) is 0 Å². The van der Waals surface area contributed by atoms with Crippen LogP contribution in [-0.2, 0) is 9.59 Å². The Bertz CT molecular complexity index is 1260. The topological polar surface area (TPSA) is 58.6 Å². The van der Waals surface area contributed by atoms with Crippen molar-refractivity contribution < 1.29 is 18.7 Å². The Balaban J connectivity index is 1.65. The highest BCUT2D eigenvalue weighted by atomic mass is 35.5. The number of carbonyl (C=O) groups is 2. The van der Waals surface area contributed by atoms with Gasteiger partial charge in [-0.25, -0.2) is 4.39 Å². The molecule has 3 aromatic carbocycles. The summed E-state index contributed by atoms with van der Waals surface area (Å²) < 4.78 is 20.3. The minimum absolute atomic E-state index is 0.0375. The highest BCUT2D eigenvalue weighted by Crippen LogP contribution is 2.29.